The smallest absolute Gasteiger partial charge is 0.130 e. The molecule has 0 radical (unpaired) electrons. The van der Waals surface area contributed by atoms with E-state index in [0.717, 1.165) is 36.1 Å². The first-order valence-electron chi connectivity index (χ1n) is 8.51. The fraction of sp³-hybridized carbons (Fsp3) is 0.500. The minimum absolute atomic E-state index is 0.599. The first kappa shape index (κ1) is 15.9. The molecule has 2 aromatic rings. The minimum atomic E-state index is 0.599. The molecule has 3 heterocycles. The normalized spacial score (nSPS) is 18.8. The van der Waals surface area contributed by atoms with Crippen molar-refractivity contribution in [3.8, 4) is 11.4 Å². The number of anilines is 1. The van der Waals surface area contributed by atoms with Gasteiger partial charge in [-0.2, -0.15) is 0 Å². The average molecular weight is 311 g/mol. The fourth-order valence-electron chi connectivity index (χ4n) is 3.23. The van der Waals surface area contributed by atoms with Gasteiger partial charge in [0.25, 0.3) is 0 Å². The Morgan fingerprint density at radius 3 is 2.91 bits per heavy atom. The van der Waals surface area contributed by atoms with Crippen molar-refractivity contribution in [3.05, 3.63) is 36.3 Å². The minimum Gasteiger partial charge on any atom is -0.368 e. The van der Waals surface area contributed by atoms with Crippen molar-refractivity contribution in [1.29, 1.82) is 0 Å². The molecule has 23 heavy (non-hydrogen) atoms. The van der Waals surface area contributed by atoms with Crippen LogP contribution in [0.1, 0.15) is 32.0 Å². The van der Waals surface area contributed by atoms with E-state index in [1.165, 1.54) is 25.8 Å². The number of nitrogens with one attached hydrogen (secondary N) is 1. The average Bonchev–Trinajstić information content (AvgIpc) is 2.60. The summed E-state index contributed by atoms with van der Waals surface area (Å²) in [7, 11) is 0. The maximum absolute atomic E-state index is 4.53. The van der Waals surface area contributed by atoms with Gasteiger partial charge in [-0.15, -0.1) is 0 Å². The van der Waals surface area contributed by atoms with E-state index in [9.17, 15) is 0 Å². The van der Waals surface area contributed by atoms with Crippen LogP contribution in [0.3, 0.4) is 0 Å². The Morgan fingerprint density at radius 1 is 1.22 bits per heavy atom. The van der Waals surface area contributed by atoms with E-state index in [1.54, 1.807) is 6.20 Å². The zero-order valence-electron chi connectivity index (χ0n) is 14.0. The van der Waals surface area contributed by atoms with Crippen LogP contribution < -0.4 is 5.32 Å². The Morgan fingerprint density at radius 2 is 2.13 bits per heavy atom. The van der Waals surface area contributed by atoms with Crippen molar-refractivity contribution in [2.75, 3.05) is 25.0 Å². The molecule has 0 aromatic carbocycles. The van der Waals surface area contributed by atoms with Gasteiger partial charge in [-0.25, -0.2) is 9.97 Å². The second-order valence-electron chi connectivity index (χ2n) is 6.06. The van der Waals surface area contributed by atoms with Gasteiger partial charge in [-0.3, -0.25) is 9.88 Å². The second-order valence-corrected chi connectivity index (χ2v) is 6.06. The SMILES string of the molecule is CCN1CCCCC1CNc1cc(-c2ccccn2)nc(C)n1. The van der Waals surface area contributed by atoms with Gasteiger partial charge in [-0.1, -0.05) is 19.4 Å². The Hall–Kier alpha value is -2.01. The van der Waals surface area contributed by atoms with Crippen LogP contribution in [-0.4, -0.2) is 45.5 Å². The van der Waals surface area contributed by atoms with Gasteiger partial charge in [-0.05, 0) is 45.0 Å². The van der Waals surface area contributed by atoms with E-state index in [-0.39, 0.29) is 0 Å². The van der Waals surface area contributed by atoms with E-state index in [2.05, 4.69) is 32.1 Å². The van der Waals surface area contributed by atoms with E-state index in [1.807, 2.05) is 31.2 Å². The highest BCUT2D eigenvalue weighted by Crippen LogP contribution is 2.20. The maximum Gasteiger partial charge on any atom is 0.130 e. The number of likely N-dealkylation sites (tertiary alicyclic amines) is 1. The number of aryl methyl sites for hydroxylation is 1. The molecule has 0 saturated carbocycles. The molecule has 5 heteroatoms. The summed E-state index contributed by atoms with van der Waals surface area (Å²) in [6, 6.07) is 8.47. The molecule has 122 valence electrons. The third kappa shape index (κ3) is 4.05. The predicted molar refractivity (Wildman–Crippen MR) is 93.4 cm³/mol. The van der Waals surface area contributed by atoms with Gasteiger partial charge < -0.3 is 5.32 Å². The lowest BCUT2D eigenvalue weighted by atomic mass is 10.0. The van der Waals surface area contributed by atoms with Gasteiger partial charge in [0.15, 0.2) is 0 Å². The highest BCUT2D eigenvalue weighted by atomic mass is 15.2. The number of likely N-dealkylation sites (N-methyl/N-ethyl adjacent to an activating group) is 1. The zero-order chi connectivity index (χ0) is 16.1. The Kier molecular flexibility index (Phi) is 5.18. The third-order valence-electron chi connectivity index (χ3n) is 4.44. The number of aromatic nitrogens is 3. The van der Waals surface area contributed by atoms with Crippen LogP contribution in [0, 0.1) is 6.92 Å². The molecule has 1 fully saturated rings. The molecular weight excluding hydrogens is 286 g/mol. The molecule has 1 saturated heterocycles. The van der Waals surface area contributed by atoms with E-state index in [4.69, 9.17) is 0 Å². The molecule has 0 bridgehead atoms. The summed E-state index contributed by atoms with van der Waals surface area (Å²) >= 11 is 0. The zero-order valence-corrected chi connectivity index (χ0v) is 14.0. The van der Waals surface area contributed by atoms with Crippen LogP contribution in [0.15, 0.2) is 30.5 Å². The van der Waals surface area contributed by atoms with E-state index in [0.29, 0.717) is 6.04 Å². The Bertz CT molecular complexity index is 629. The molecule has 1 atom stereocenters. The molecule has 5 nitrogen and oxygen atoms in total. The number of rotatable bonds is 5. The van der Waals surface area contributed by atoms with Gasteiger partial charge in [0, 0.05) is 24.8 Å². The molecule has 1 aliphatic heterocycles. The maximum atomic E-state index is 4.53. The van der Waals surface area contributed by atoms with Gasteiger partial charge in [0.2, 0.25) is 0 Å². The van der Waals surface area contributed by atoms with Crippen LogP contribution in [-0.2, 0) is 0 Å². The monoisotopic (exact) mass is 311 g/mol. The number of hydrogen-bond donors (Lipinski definition) is 1. The van der Waals surface area contributed by atoms with Crippen molar-refractivity contribution in [2.24, 2.45) is 0 Å². The summed E-state index contributed by atoms with van der Waals surface area (Å²) in [5.74, 6) is 1.66. The predicted octanol–water partition coefficient (Wildman–Crippen LogP) is 3.13. The summed E-state index contributed by atoms with van der Waals surface area (Å²) in [5.41, 5.74) is 1.76. The largest absolute Gasteiger partial charge is 0.368 e. The lowest BCUT2D eigenvalue weighted by Gasteiger charge is -2.35. The first-order valence-corrected chi connectivity index (χ1v) is 8.51. The highest BCUT2D eigenvalue weighted by molar-refractivity contribution is 5.58. The van der Waals surface area contributed by atoms with Crippen molar-refractivity contribution < 1.29 is 0 Å². The summed E-state index contributed by atoms with van der Waals surface area (Å²) in [6.07, 6.45) is 5.70. The topological polar surface area (TPSA) is 53.9 Å². The van der Waals surface area contributed by atoms with Crippen LogP contribution in [0.5, 0.6) is 0 Å². The Labute approximate surface area is 138 Å². The van der Waals surface area contributed by atoms with Gasteiger partial charge >= 0.3 is 0 Å². The number of pyridine rings is 1. The van der Waals surface area contributed by atoms with Crippen LogP contribution in [0.4, 0.5) is 5.82 Å². The molecule has 3 rings (SSSR count). The molecule has 0 spiro atoms. The molecule has 0 amide bonds. The summed E-state index contributed by atoms with van der Waals surface area (Å²) in [6.45, 7) is 7.44. The molecular formula is C18H25N5. The number of nitrogens with zero attached hydrogens (tertiary/aromatic N) is 4. The van der Waals surface area contributed by atoms with Crippen molar-refractivity contribution in [2.45, 2.75) is 39.2 Å². The summed E-state index contributed by atoms with van der Waals surface area (Å²) < 4.78 is 0. The molecule has 2 aromatic heterocycles. The van der Waals surface area contributed by atoms with Crippen molar-refractivity contribution >= 4 is 5.82 Å². The van der Waals surface area contributed by atoms with Crippen molar-refractivity contribution in [3.63, 3.8) is 0 Å². The quantitative estimate of drug-likeness (QED) is 0.919. The van der Waals surface area contributed by atoms with Gasteiger partial charge in [0.05, 0.1) is 11.4 Å². The lowest BCUT2D eigenvalue weighted by Crippen LogP contribution is -2.43. The highest BCUT2D eigenvalue weighted by Gasteiger charge is 2.20. The van der Waals surface area contributed by atoms with Gasteiger partial charge in [0.1, 0.15) is 11.6 Å². The summed E-state index contributed by atoms with van der Waals surface area (Å²) in [4.78, 5) is 16.0. The van der Waals surface area contributed by atoms with E-state index < -0.39 is 0 Å². The molecule has 1 N–H and O–H groups in total. The van der Waals surface area contributed by atoms with E-state index >= 15 is 0 Å². The van der Waals surface area contributed by atoms with Crippen LogP contribution in [0.25, 0.3) is 11.4 Å². The Balaban J connectivity index is 1.72. The van der Waals surface area contributed by atoms with Crippen LogP contribution in [0.2, 0.25) is 0 Å². The first-order chi connectivity index (χ1) is 11.3. The van der Waals surface area contributed by atoms with Crippen molar-refractivity contribution in [1.82, 2.24) is 19.9 Å². The number of hydrogen-bond acceptors (Lipinski definition) is 5. The standard InChI is InChI=1S/C18H25N5/c1-3-23-11-7-5-8-15(23)13-20-18-12-17(21-14(2)22-18)16-9-4-6-10-19-16/h4,6,9-10,12,15H,3,5,7-8,11,13H2,1-2H3,(H,20,21,22). The fourth-order valence-corrected chi connectivity index (χ4v) is 3.23. The molecule has 0 aliphatic carbocycles. The lowest BCUT2D eigenvalue weighted by molar-refractivity contribution is 0.164. The summed E-state index contributed by atoms with van der Waals surface area (Å²) in [5, 5.41) is 3.51. The van der Waals surface area contributed by atoms with Crippen LogP contribution >= 0.6 is 0 Å². The molecule has 1 aliphatic rings. The molecule has 1 unspecified atom stereocenters. The second kappa shape index (κ2) is 7.51. The number of piperidine rings is 1. The third-order valence-corrected chi connectivity index (χ3v) is 4.44.